The Morgan fingerprint density at radius 2 is 2.09 bits per heavy atom. The van der Waals surface area contributed by atoms with Gasteiger partial charge in [-0.05, 0) is 24.6 Å². The van der Waals surface area contributed by atoms with Gasteiger partial charge in [0.2, 0.25) is 0 Å². The number of aromatic amines is 1. The van der Waals surface area contributed by atoms with Crippen molar-refractivity contribution in [1.29, 1.82) is 0 Å². The maximum atomic E-state index is 11.1. The van der Waals surface area contributed by atoms with Crippen LogP contribution in [0, 0.1) is 5.92 Å². The molecule has 4 atom stereocenters. The highest BCUT2D eigenvalue weighted by Crippen LogP contribution is 2.31. The first-order chi connectivity index (χ1) is 15.3. The summed E-state index contributed by atoms with van der Waals surface area (Å²) in [5, 5.41) is 34.6. The van der Waals surface area contributed by atoms with Crippen molar-refractivity contribution in [3.63, 3.8) is 0 Å². The van der Waals surface area contributed by atoms with Crippen LogP contribution in [-0.4, -0.2) is 63.1 Å². The zero-order valence-electron chi connectivity index (χ0n) is 16.8. The molecule has 0 saturated heterocycles. The van der Waals surface area contributed by atoms with Crippen molar-refractivity contribution >= 4 is 32.7 Å². The molecule has 3 heterocycles. The molecule has 1 aliphatic carbocycles. The lowest BCUT2D eigenvalue weighted by Gasteiger charge is -2.19. The fraction of sp³-hybridized carbons (Fsp3) is 0.300. The zero-order valence-corrected chi connectivity index (χ0v) is 17.6. The van der Waals surface area contributed by atoms with Gasteiger partial charge in [-0.1, -0.05) is 12.1 Å². The minimum atomic E-state index is -4.13. The van der Waals surface area contributed by atoms with Crippen molar-refractivity contribution in [2.45, 2.75) is 24.7 Å². The van der Waals surface area contributed by atoms with Gasteiger partial charge in [0, 0.05) is 40.8 Å². The van der Waals surface area contributed by atoms with Gasteiger partial charge in [0.15, 0.2) is 5.65 Å². The fourth-order valence-corrected chi connectivity index (χ4v) is 4.61. The van der Waals surface area contributed by atoms with Gasteiger partial charge in [0.05, 0.1) is 24.4 Å². The van der Waals surface area contributed by atoms with E-state index >= 15 is 0 Å². The Morgan fingerprint density at radius 1 is 1.25 bits per heavy atom. The molecule has 6 N–H and O–H groups in total. The predicted octanol–water partition coefficient (Wildman–Crippen LogP) is 0.620. The molecule has 0 bridgehead atoms. The van der Waals surface area contributed by atoms with Crippen LogP contribution in [0.2, 0.25) is 0 Å². The molecule has 4 aromatic rings. The molecule has 0 spiro atoms. The maximum absolute atomic E-state index is 11.1. The first-order valence-electron chi connectivity index (χ1n) is 10.0. The van der Waals surface area contributed by atoms with Crippen molar-refractivity contribution < 1.29 is 22.8 Å². The summed E-state index contributed by atoms with van der Waals surface area (Å²) in [6.07, 6.45) is 1.48. The Morgan fingerprint density at radius 3 is 2.91 bits per heavy atom. The highest BCUT2D eigenvalue weighted by molar-refractivity contribution is 7.84. The van der Waals surface area contributed by atoms with E-state index in [1.807, 2.05) is 36.5 Å². The molecular formula is C20H22N6O5S. The molecule has 0 amide bonds. The van der Waals surface area contributed by atoms with Crippen LogP contribution in [0.3, 0.4) is 0 Å². The topological polar surface area (TPSA) is 168 Å². The summed E-state index contributed by atoms with van der Waals surface area (Å²) in [6, 6.07) is 10.9. The number of fused-ring (bicyclic) bond motifs is 2. The summed E-state index contributed by atoms with van der Waals surface area (Å²) in [5.74, 6) is -0.0238. The number of benzene rings is 1. The van der Waals surface area contributed by atoms with Gasteiger partial charge < -0.3 is 20.5 Å². The highest BCUT2D eigenvalue weighted by Gasteiger charge is 2.42. The van der Waals surface area contributed by atoms with E-state index in [2.05, 4.69) is 19.5 Å². The lowest BCUT2D eigenvalue weighted by Crippen LogP contribution is -2.36. The number of H-pyrrole nitrogens is 1. The summed E-state index contributed by atoms with van der Waals surface area (Å²) >= 11 is 0. The monoisotopic (exact) mass is 458 g/mol. The number of nitrogens with one attached hydrogen (secondary N) is 2. The summed E-state index contributed by atoms with van der Waals surface area (Å²) in [6.45, 7) is -0.312. The molecule has 12 heteroatoms. The molecule has 1 aliphatic rings. The average Bonchev–Trinajstić information content (AvgIpc) is 3.46. The van der Waals surface area contributed by atoms with Crippen molar-refractivity contribution in [3.05, 3.63) is 48.8 Å². The molecule has 0 radical (unpaired) electrons. The number of anilines is 1. The fourth-order valence-electron chi connectivity index (χ4n) is 4.25. The molecule has 32 heavy (non-hydrogen) atoms. The van der Waals surface area contributed by atoms with E-state index in [0.29, 0.717) is 11.5 Å². The predicted molar refractivity (Wildman–Crippen MR) is 117 cm³/mol. The van der Waals surface area contributed by atoms with E-state index in [9.17, 15) is 18.6 Å². The minimum absolute atomic E-state index is 0.276. The van der Waals surface area contributed by atoms with Gasteiger partial charge in [-0.25, -0.2) is 10.1 Å². The van der Waals surface area contributed by atoms with Gasteiger partial charge in [-0.15, -0.1) is 0 Å². The average molecular weight is 459 g/mol. The number of rotatable bonds is 6. The van der Waals surface area contributed by atoms with E-state index in [1.54, 1.807) is 16.8 Å². The molecule has 0 unspecified atom stereocenters. The molecule has 1 aromatic carbocycles. The first kappa shape index (κ1) is 20.8. The van der Waals surface area contributed by atoms with Crippen LogP contribution >= 0.6 is 0 Å². The standard InChI is InChI=1S/C20H22N6O5S/c21-32(29,30)31-10-11-8-16(20(28)19(11)27)24-17-5-7-23-18-9-15(25-26(17)18)12-2-1-3-14-13(12)4-6-22-14/h1-7,9,11,16,19-20,22,24,27-28H,8,10H2,(H2,21,29,30)/t11-,16-,19-,20+/m1/s1. The Balaban J connectivity index is 1.42. The number of aliphatic hydroxyl groups excluding tert-OH is 2. The number of nitrogens with zero attached hydrogens (tertiary/aromatic N) is 3. The first-order valence-corrected chi connectivity index (χ1v) is 11.5. The Labute approximate surface area is 183 Å². The molecule has 1 fully saturated rings. The van der Waals surface area contributed by atoms with Crippen LogP contribution in [0.1, 0.15) is 6.42 Å². The number of aliphatic hydroxyl groups is 2. The SMILES string of the molecule is NS(=O)(=O)OC[C@H]1C[C@@H](Nc2ccnc3cc(-c4cccc5[nH]ccc45)nn23)[C@H](O)[C@@H]1O. The number of hydrogen-bond acceptors (Lipinski definition) is 8. The van der Waals surface area contributed by atoms with Crippen molar-refractivity contribution in [3.8, 4) is 11.3 Å². The van der Waals surface area contributed by atoms with Gasteiger partial charge in [0.25, 0.3) is 0 Å². The van der Waals surface area contributed by atoms with Gasteiger partial charge in [-0.3, -0.25) is 4.18 Å². The third kappa shape index (κ3) is 3.82. The third-order valence-corrected chi connectivity index (χ3v) is 6.27. The van der Waals surface area contributed by atoms with Crippen LogP contribution in [0.4, 0.5) is 5.82 Å². The lowest BCUT2D eigenvalue weighted by molar-refractivity contribution is 0.00777. The summed E-state index contributed by atoms with van der Waals surface area (Å²) in [7, 11) is -4.13. The van der Waals surface area contributed by atoms with E-state index in [-0.39, 0.29) is 13.0 Å². The molecule has 3 aromatic heterocycles. The van der Waals surface area contributed by atoms with Crippen LogP contribution in [0.5, 0.6) is 0 Å². The Bertz CT molecular complexity index is 1380. The van der Waals surface area contributed by atoms with Gasteiger partial charge in [0.1, 0.15) is 11.9 Å². The molecule has 1 saturated carbocycles. The van der Waals surface area contributed by atoms with E-state index in [4.69, 9.17) is 10.2 Å². The van der Waals surface area contributed by atoms with Gasteiger partial charge >= 0.3 is 10.3 Å². The largest absolute Gasteiger partial charge is 0.390 e. The maximum Gasteiger partial charge on any atom is 0.333 e. The lowest BCUT2D eigenvalue weighted by atomic mass is 10.1. The van der Waals surface area contributed by atoms with E-state index in [0.717, 1.165) is 22.2 Å². The zero-order chi connectivity index (χ0) is 22.5. The van der Waals surface area contributed by atoms with Crippen LogP contribution in [-0.2, 0) is 14.5 Å². The quantitative estimate of drug-likeness (QED) is 0.280. The molecule has 0 aliphatic heterocycles. The molecule has 11 nitrogen and oxygen atoms in total. The second-order valence-electron chi connectivity index (χ2n) is 7.88. The Kier molecular flexibility index (Phi) is 5.10. The molecule has 168 valence electrons. The van der Waals surface area contributed by atoms with Crippen molar-refractivity contribution in [2.24, 2.45) is 11.1 Å². The Hall–Kier alpha value is -3.03. The van der Waals surface area contributed by atoms with Gasteiger partial charge in [-0.2, -0.15) is 18.0 Å². The number of nitrogens with two attached hydrogens (primary N) is 1. The molecular weight excluding hydrogens is 436 g/mol. The summed E-state index contributed by atoms with van der Waals surface area (Å²) in [4.78, 5) is 7.56. The van der Waals surface area contributed by atoms with Crippen LogP contribution in [0.15, 0.2) is 48.8 Å². The van der Waals surface area contributed by atoms with E-state index < -0.39 is 34.5 Å². The highest BCUT2D eigenvalue weighted by atomic mass is 32.2. The second kappa shape index (κ2) is 7.83. The van der Waals surface area contributed by atoms with Crippen LogP contribution < -0.4 is 10.5 Å². The molecule has 5 rings (SSSR count). The summed E-state index contributed by atoms with van der Waals surface area (Å²) < 4.78 is 28.3. The third-order valence-electron chi connectivity index (χ3n) is 5.81. The minimum Gasteiger partial charge on any atom is -0.390 e. The van der Waals surface area contributed by atoms with Crippen molar-refractivity contribution in [2.75, 3.05) is 11.9 Å². The normalized spacial score (nSPS) is 23.8. The van der Waals surface area contributed by atoms with Crippen molar-refractivity contribution in [1.82, 2.24) is 19.6 Å². The summed E-state index contributed by atoms with van der Waals surface area (Å²) in [5.41, 5.74) is 3.31. The number of aromatic nitrogens is 4. The second-order valence-corrected chi connectivity index (χ2v) is 9.10. The number of hydrogen-bond donors (Lipinski definition) is 5. The smallest absolute Gasteiger partial charge is 0.333 e. The van der Waals surface area contributed by atoms with Crippen LogP contribution in [0.25, 0.3) is 27.8 Å². The van der Waals surface area contributed by atoms with E-state index in [1.165, 1.54) is 0 Å².